The van der Waals surface area contributed by atoms with E-state index in [-0.39, 0.29) is 5.91 Å². The van der Waals surface area contributed by atoms with E-state index in [1.165, 1.54) is 0 Å². The molecule has 4 heteroatoms. The Labute approximate surface area is 112 Å². The van der Waals surface area contributed by atoms with Gasteiger partial charge in [-0.05, 0) is 25.0 Å². The predicted molar refractivity (Wildman–Crippen MR) is 73.2 cm³/mol. The minimum Gasteiger partial charge on any atom is -0.355 e. The second-order valence-corrected chi connectivity index (χ2v) is 4.38. The van der Waals surface area contributed by atoms with Crippen LogP contribution in [0.3, 0.4) is 0 Å². The van der Waals surface area contributed by atoms with E-state index in [2.05, 4.69) is 10.3 Å². The Hall–Kier alpha value is -2.41. The number of carbonyl (C=O) groups excluding carboxylic acids is 1. The van der Waals surface area contributed by atoms with Crippen LogP contribution in [0, 0.1) is 17.2 Å². The summed E-state index contributed by atoms with van der Waals surface area (Å²) in [7, 11) is 0. The average molecular weight is 253 g/mol. The Morgan fingerprint density at radius 3 is 3.00 bits per heavy atom. The van der Waals surface area contributed by atoms with Crippen LogP contribution in [0.25, 0.3) is 10.9 Å². The van der Waals surface area contributed by atoms with Crippen molar-refractivity contribution in [1.29, 1.82) is 5.26 Å². The third-order valence-electron chi connectivity index (χ3n) is 3.00. The fraction of sp³-hybridized carbons (Fsp3) is 0.267. The standard InChI is InChI=1S/C15H15N3O/c1-11(10-16)15(19)18-9-7-13-5-2-4-12-6-3-8-17-14(12)13/h2-6,8,11H,7,9H2,1H3,(H,18,19). The van der Waals surface area contributed by atoms with Crippen molar-refractivity contribution in [3.05, 3.63) is 42.1 Å². The van der Waals surface area contributed by atoms with Gasteiger partial charge in [-0.15, -0.1) is 0 Å². The Kier molecular flexibility index (Phi) is 4.09. The third kappa shape index (κ3) is 3.08. The Morgan fingerprint density at radius 2 is 2.21 bits per heavy atom. The summed E-state index contributed by atoms with van der Waals surface area (Å²) in [6.45, 7) is 2.11. The summed E-state index contributed by atoms with van der Waals surface area (Å²) in [6, 6.07) is 11.9. The van der Waals surface area contributed by atoms with Crippen molar-refractivity contribution < 1.29 is 4.79 Å². The van der Waals surface area contributed by atoms with Crippen LogP contribution in [-0.4, -0.2) is 17.4 Å². The van der Waals surface area contributed by atoms with Gasteiger partial charge >= 0.3 is 0 Å². The molecule has 1 N–H and O–H groups in total. The van der Waals surface area contributed by atoms with Gasteiger partial charge in [-0.1, -0.05) is 24.3 Å². The molecule has 2 rings (SSSR count). The summed E-state index contributed by atoms with van der Waals surface area (Å²) in [5, 5.41) is 12.5. The summed E-state index contributed by atoms with van der Waals surface area (Å²) in [6.07, 6.45) is 2.47. The predicted octanol–water partition coefficient (Wildman–Crippen LogP) is 2.05. The van der Waals surface area contributed by atoms with Crippen molar-refractivity contribution in [1.82, 2.24) is 10.3 Å². The zero-order valence-corrected chi connectivity index (χ0v) is 10.8. The van der Waals surface area contributed by atoms with E-state index in [0.717, 1.165) is 16.5 Å². The molecular formula is C15H15N3O. The summed E-state index contributed by atoms with van der Waals surface area (Å²) in [5.74, 6) is -0.832. The topological polar surface area (TPSA) is 65.8 Å². The molecule has 1 atom stereocenters. The number of hydrogen-bond acceptors (Lipinski definition) is 3. The summed E-state index contributed by atoms with van der Waals surface area (Å²) < 4.78 is 0. The lowest BCUT2D eigenvalue weighted by atomic mass is 10.1. The van der Waals surface area contributed by atoms with Crippen LogP contribution in [0.5, 0.6) is 0 Å². The van der Waals surface area contributed by atoms with Crippen LogP contribution in [0.2, 0.25) is 0 Å². The van der Waals surface area contributed by atoms with E-state index in [1.54, 1.807) is 13.1 Å². The molecule has 0 radical (unpaired) electrons. The monoisotopic (exact) mass is 253 g/mol. The first-order valence-corrected chi connectivity index (χ1v) is 6.22. The van der Waals surface area contributed by atoms with Gasteiger partial charge in [0.25, 0.3) is 0 Å². The summed E-state index contributed by atoms with van der Waals surface area (Å²) >= 11 is 0. The molecule has 0 bridgehead atoms. The van der Waals surface area contributed by atoms with Gasteiger partial charge in [0.05, 0.1) is 11.6 Å². The van der Waals surface area contributed by atoms with E-state index in [0.29, 0.717) is 13.0 Å². The van der Waals surface area contributed by atoms with Crippen LogP contribution in [-0.2, 0) is 11.2 Å². The molecular weight excluding hydrogens is 238 g/mol. The number of hydrogen-bond donors (Lipinski definition) is 1. The highest BCUT2D eigenvalue weighted by Gasteiger charge is 2.10. The van der Waals surface area contributed by atoms with Crippen molar-refractivity contribution in [3.8, 4) is 6.07 Å². The first kappa shape index (κ1) is 13.0. The number of rotatable bonds is 4. The molecule has 1 unspecified atom stereocenters. The van der Waals surface area contributed by atoms with Crippen molar-refractivity contribution in [2.24, 2.45) is 5.92 Å². The molecule has 0 aliphatic rings. The number of para-hydroxylation sites is 1. The average Bonchev–Trinajstić information content (AvgIpc) is 2.46. The fourth-order valence-corrected chi connectivity index (χ4v) is 1.90. The van der Waals surface area contributed by atoms with E-state index in [9.17, 15) is 4.79 Å². The number of nitrogens with zero attached hydrogens (tertiary/aromatic N) is 2. The lowest BCUT2D eigenvalue weighted by molar-refractivity contribution is -0.122. The zero-order chi connectivity index (χ0) is 13.7. The SMILES string of the molecule is CC(C#N)C(=O)NCCc1cccc2cccnc12. The van der Waals surface area contributed by atoms with Gasteiger partial charge in [-0.25, -0.2) is 0 Å². The van der Waals surface area contributed by atoms with E-state index < -0.39 is 5.92 Å². The maximum Gasteiger partial charge on any atom is 0.237 e. The quantitative estimate of drug-likeness (QED) is 0.906. The first-order valence-electron chi connectivity index (χ1n) is 6.22. The molecule has 1 aromatic carbocycles. The molecule has 0 aliphatic heterocycles. The highest BCUT2D eigenvalue weighted by Crippen LogP contribution is 2.15. The number of nitrogens with one attached hydrogen (secondary N) is 1. The van der Waals surface area contributed by atoms with Crippen LogP contribution < -0.4 is 5.32 Å². The second kappa shape index (κ2) is 5.96. The van der Waals surface area contributed by atoms with Gasteiger partial charge in [-0.3, -0.25) is 9.78 Å². The highest BCUT2D eigenvalue weighted by atomic mass is 16.1. The maximum atomic E-state index is 11.5. The van der Waals surface area contributed by atoms with E-state index in [4.69, 9.17) is 5.26 Å². The molecule has 96 valence electrons. The normalized spacial score (nSPS) is 11.8. The van der Waals surface area contributed by atoms with Gasteiger partial charge < -0.3 is 5.32 Å². The van der Waals surface area contributed by atoms with Crippen LogP contribution >= 0.6 is 0 Å². The van der Waals surface area contributed by atoms with Gasteiger partial charge in [0.1, 0.15) is 5.92 Å². The molecule has 0 saturated carbocycles. The summed E-state index contributed by atoms with van der Waals surface area (Å²) in [5.41, 5.74) is 2.07. The maximum absolute atomic E-state index is 11.5. The molecule has 1 amide bonds. The Bertz CT molecular complexity index is 625. The van der Waals surface area contributed by atoms with Crippen molar-refractivity contribution in [2.75, 3.05) is 6.54 Å². The van der Waals surface area contributed by atoms with Crippen molar-refractivity contribution in [2.45, 2.75) is 13.3 Å². The fourth-order valence-electron chi connectivity index (χ4n) is 1.90. The van der Waals surface area contributed by atoms with Gasteiger partial charge in [0.2, 0.25) is 5.91 Å². The second-order valence-electron chi connectivity index (χ2n) is 4.38. The molecule has 0 spiro atoms. The minimum atomic E-state index is -0.606. The lowest BCUT2D eigenvalue weighted by Crippen LogP contribution is -2.30. The van der Waals surface area contributed by atoms with Crippen LogP contribution in [0.15, 0.2) is 36.5 Å². The molecule has 0 aliphatic carbocycles. The van der Waals surface area contributed by atoms with Gasteiger partial charge in [0, 0.05) is 18.1 Å². The zero-order valence-electron chi connectivity index (χ0n) is 10.8. The number of pyridine rings is 1. The first-order chi connectivity index (χ1) is 9.22. The molecule has 0 fully saturated rings. The van der Waals surface area contributed by atoms with Crippen molar-refractivity contribution >= 4 is 16.8 Å². The van der Waals surface area contributed by atoms with Gasteiger partial charge in [-0.2, -0.15) is 5.26 Å². The number of benzene rings is 1. The third-order valence-corrected chi connectivity index (χ3v) is 3.00. The molecule has 0 saturated heterocycles. The Morgan fingerprint density at radius 1 is 1.42 bits per heavy atom. The number of carbonyl (C=O) groups is 1. The molecule has 19 heavy (non-hydrogen) atoms. The number of nitriles is 1. The highest BCUT2D eigenvalue weighted by molar-refractivity contribution is 5.82. The lowest BCUT2D eigenvalue weighted by Gasteiger charge is -2.08. The van der Waals surface area contributed by atoms with Crippen molar-refractivity contribution in [3.63, 3.8) is 0 Å². The number of fused-ring (bicyclic) bond motifs is 1. The van der Waals surface area contributed by atoms with Gasteiger partial charge in [0.15, 0.2) is 0 Å². The number of amides is 1. The smallest absolute Gasteiger partial charge is 0.237 e. The Balaban J connectivity index is 2.03. The minimum absolute atomic E-state index is 0.226. The van der Waals surface area contributed by atoms with E-state index >= 15 is 0 Å². The van der Waals surface area contributed by atoms with E-state index in [1.807, 2.05) is 36.4 Å². The number of aromatic nitrogens is 1. The summed E-state index contributed by atoms with van der Waals surface area (Å²) in [4.78, 5) is 15.8. The molecule has 1 heterocycles. The van der Waals surface area contributed by atoms with Crippen LogP contribution in [0.4, 0.5) is 0 Å². The molecule has 4 nitrogen and oxygen atoms in total. The van der Waals surface area contributed by atoms with Crippen LogP contribution in [0.1, 0.15) is 12.5 Å². The molecule has 2 aromatic rings. The largest absolute Gasteiger partial charge is 0.355 e. The molecule has 1 aromatic heterocycles.